The molecule has 0 heterocycles. The Morgan fingerprint density at radius 2 is 1.84 bits per heavy atom. The highest BCUT2D eigenvalue weighted by Crippen LogP contribution is 2.34. The van der Waals surface area contributed by atoms with Gasteiger partial charge in [-0.3, -0.25) is 0 Å². The molecule has 0 amide bonds. The monoisotopic (exact) mass is 408 g/mol. The molecule has 19 heavy (non-hydrogen) atoms. The molecule has 0 bridgehead atoms. The zero-order valence-electron chi connectivity index (χ0n) is 9.64. The molecule has 0 nitrogen and oxygen atoms in total. The van der Waals surface area contributed by atoms with E-state index in [0.29, 0.717) is 17.0 Å². The number of benzene rings is 2. The maximum absolute atomic E-state index is 13.6. The van der Waals surface area contributed by atoms with Crippen LogP contribution in [0.15, 0.2) is 40.9 Å². The minimum Gasteiger partial charge on any atom is -0.207 e. The molecule has 100 valence electrons. The summed E-state index contributed by atoms with van der Waals surface area (Å²) in [6.45, 7) is 0. The van der Waals surface area contributed by atoms with Crippen molar-refractivity contribution in [2.24, 2.45) is 0 Å². The van der Waals surface area contributed by atoms with Gasteiger partial charge in [0.15, 0.2) is 0 Å². The van der Waals surface area contributed by atoms with Crippen LogP contribution in [0, 0.1) is 11.6 Å². The van der Waals surface area contributed by atoms with Crippen LogP contribution in [0.4, 0.5) is 8.78 Å². The summed E-state index contributed by atoms with van der Waals surface area (Å²) >= 11 is 13.0. The molecular weight excluding hydrogens is 401 g/mol. The van der Waals surface area contributed by atoms with E-state index < -0.39 is 11.6 Å². The van der Waals surface area contributed by atoms with E-state index in [4.69, 9.17) is 11.6 Å². The van der Waals surface area contributed by atoms with Gasteiger partial charge in [0.05, 0.1) is 0 Å². The van der Waals surface area contributed by atoms with Crippen LogP contribution >= 0.6 is 43.5 Å². The van der Waals surface area contributed by atoms with E-state index in [1.165, 1.54) is 12.1 Å². The van der Waals surface area contributed by atoms with Crippen molar-refractivity contribution in [3.63, 3.8) is 0 Å². The zero-order chi connectivity index (χ0) is 14.0. The van der Waals surface area contributed by atoms with Gasteiger partial charge in [-0.05, 0) is 35.7 Å². The maximum atomic E-state index is 13.6. The molecule has 0 aliphatic heterocycles. The second kappa shape index (κ2) is 6.33. The number of alkyl halides is 1. The van der Waals surface area contributed by atoms with E-state index in [1.807, 2.05) is 12.1 Å². The summed E-state index contributed by atoms with van der Waals surface area (Å²) in [6.07, 6.45) is 0.396. The van der Waals surface area contributed by atoms with Crippen molar-refractivity contribution in [2.45, 2.75) is 11.2 Å². The molecule has 2 aromatic rings. The number of hydrogen-bond acceptors (Lipinski definition) is 0. The maximum Gasteiger partial charge on any atom is 0.129 e. The van der Waals surface area contributed by atoms with Crippen molar-refractivity contribution in [1.82, 2.24) is 0 Å². The third-order valence-electron chi connectivity index (χ3n) is 2.71. The Morgan fingerprint density at radius 3 is 2.47 bits per heavy atom. The quantitative estimate of drug-likeness (QED) is 0.540. The fraction of sp³-hybridized carbons (Fsp3) is 0.143. The SMILES string of the molecule is Fc1ccc(CC(Br)c2ccc(Br)cc2Cl)c(F)c1. The topological polar surface area (TPSA) is 0 Å². The highest BCUT2D eigenvalue weighted by atomic mass is 79.9. The van der Waals surface area contributed by atoms with Gasteiger partial charge in [-0.25, -0.2) is 8.78 Å². The highest BCUT2D eigenvalue weighted by molar-refractivity contribution is 9.10. The average molecular weight is 410 g/mol. The second-order valence-electron chi connectivity index (χ2n) is 4.07. The van der Waals surface area contributed by atoms with Gasteiger partial charge in [0.1, 0.15) is 11.6 Å². The molecule has 0 N–H and O–H groups in total. The molecule has 0 aromatic heterocycles. The summed E-state index contributed by atoms with van der Waals surface area (Å²) in [5.74, 6) is -1.12. The van der Waals surface area contributed by atoms with Crippen LogP contribution in [0.25, 0.3) is 0 Å². The van der Waals surface area contributed by atoms with Gasteiger partial charge in [-0.2, -0.15) is 0 Å². The number of rotatable bonds is 3. The van der Waals surface area contributed by atoms with Crippen molar-refractivity contribution >= 4 is 43.5 Å². The van der Waals surface area contributed by atoms with Crippen molar-refractivity contribution in [2.75, 3.05) is 0 Å². The third kappa shape index (κ3) is 3.77. The first-order chi connectivity index (χ1) is 8.97. The zero-order valence-corrected chi connectivity index (χ0v) is 13.6. The fourth-order valence-electron chi connectivity index (χ4n) is 1.75. The number of halogens is 5. The summed E-state index contributed by atoms with van der Waals surface area (Å²) in [5.41, 5.74) is 1.32. The third-order valence-corrected chi connectivity index (χ3v) is 4.35. The van der Waals surface area contributed by atoms with Gasteiger partial charge < -0.3 is 0 Å². The lowest BCUT2D eigenvalue weighted by Gasteiger charge is -2.13. The molecule has 0 saturated heterocycles. The van der Waals surface area contributed by atoms with E-state index in [9.17, 15) is 8.78 Å². The molecule has 2 aromatic carbocycles. The molecule has 2 rings (SSSR count). The Bertz CT molecular complexity index is 602. The van der Waals surface area contributed by atoms with E-state index in [0.717, 1.165) is 16.1 Å². The van der Waals surface area contributed by atoms with Gasteiger partial charge in [0.25, 0.3) is 0 Å². The molecule has 0 aliphatic rings. The van der Waals surface area contributed by atoms with E-state index in [2.05, 4.69) is 31.9 Å². The van der Waals surface area contributed by atoms with Gasteiger partial charge in [0.2, 0.25) is 0 Å². The van der Waals surface area contributed by atoms with Crippen LogP contribution in [-0.2, 0) is 6.42 Å². The summed E-state index contributed by atoms with van der Waals surface area (Å²) in [6, 6.07) is 9.11. The van der Waals surface area contributed by atoms with Crippen LogP contribution < -0.4 is 0 Å². The second-order valence-corrected chi connectivity index (χ2v) is 6.50. The van der Waals surface area contributed by atoms with Gasteiger partial charge in [-0.1, -0.05) is 55.6 Å². The summed E-state index contributed by atoms with van der Waals surface area (Å²) in [5, 5.41) is 0.596. The van der Waals surface area contributed by atoms with E-state index in [-0.39, 0.29) is 4.83 Å². The lowest BCUT2D eigenvalue weighted by Crippen LogP contribution is -1.99. The largest absolute Gasteiger partial charge is 0.207 e. The Balaban J connectivity index is 2.23. The van der Waals surface area contributed by atoms with Gasteiger partial charge in [-0.15, -0.1) is 0 Å². The lowest BCUT2D eigenvalue weighted by molar-refractivity contribution is 0.571. The minimum absolute atomic E-state index is 0.131. The Morgan fingerprint density at radius 1 is 1.11 bits per heavy atom. The first-order valence-electron chi connectivity index (χ1n) is 5.50. The molecule has 5 heteroatoms. The molecule has 0 spiro atoms. The Labute approximate surface area is 132 Å². The van der Waals surface area contributed by atoms with Crippen molar-refractivity contribution in [1.29, 1.82) is 0 Å². The molecule has 1 unspecified atom stereocenters. The summed E-state index contributed by atoms with van der Waals surface area (Å²) < 4.78 is 27.3. The van der Waals surface area contributed by atoms with Crippen molar-refractivity contribution < 1.29 is 8.78 Å². The average Bonchev–Trinajstić information content (AvgIpc) is 2.32. The van der Waals surface area contributed by atoms with Crippen LogP contribution in [0.2, 0.25) is 5.02 Å². The predicted octanol–water partition coefficient (Wildman–Crippen LogP) is 6.06. The van der Waals surface area contributed by atoms with Crippen LogP contribution in [0.1, 0.15) is 16.0 Å². The van der Waals surface area contributed by atoms with Crippen LogP contribution in [0.3, 0.4) is 0 Å². The Hall–Kier alpha value is -0.450. The van der Waals surface area contributed by atoms with Crippen molar-refractivity contribution in [3.05, 3.63) is 68.7 Å². The van der Waals surface area contributed by atoms with Crippen molar-refractivity contribution in [3.8, 4) is 0 Å². The Kier molecular flexibility index (Phi) is 4.98. The fourth-order valence-corrected chi connectivity index (χ4v) is 3.43. The van der Waals surface area contributed by atoms with Gasteiger partial charge >= 0.3 is 0 Å². The van der Waals surface area contributed by atoms with Crippen LogP contribution in [0.5, 0.6) is 0 Å². The minimum atomic E-state index is -0.575. The normalized spacial score (nSPS) is 12.5. The number of hydrogen-bond donors (Lipinski definition) is 0. The predicted molar refractivity (Wildman–Crippen MR) is 80.9 cm³/mol. The molecular formula is C14H9Br2ClF2. The first-order valence-corrected chi connectivity index (χ1v) is 7.59. The van der Waals surface area contributed by atoms with Crippen LogP contribution in [-0.4, -0.2) is 0 Å². The lowest BCUT2D eigenvalue weighted by atomic mass is 10.0. The summed E-state index contributed by atoms with van der Waals surface area (Å²) in [7, 11) is 0. The molecule has 0 aliphatic carbocycles. The highest BCUT2D eigenvalue weighted by Gasteiger charge is 2.15. The molecule has 0 saturated carbocycles. The molecule has 1 atom stereocenters. The van der Waals surface area contributed by atoms with E-state index in [1.54, 1.807) is 6.07 Å². The standard InChI is InChI=1S/C14H9Br2ClF2/c15-9-2-4-11(13(17)6-9)12(16)5-8-1-3-10(18)7-14(8)19/h1-4,6-7,12H,5H2. The first kappa shape index (κ1) is 14.9. The van der Waals surface area contributed by atoms with E-state index >= 15 is 0 Å². The summed E-state index contributed by atoms with van der Waals surface area (Å²) in [4.78, 5) is -0.131. The molecule has 0 radical (unpaired) electrons. The smallest absolute Gasteiger partial charge is 0.129 e. The molecule has 0 fully saturated rings. The van der Waals surface area contributed by atoms with Gasteiger partial charge in [0, 0.05) is 20.4 Å².